The SMILES string of the molecule is CCCCCCCCNC(=O)c1ccc2c3ccc4c5c(ccc(c6c(C(=O)O)cc(C(N)=NCCO)c1c26)c53)C(=O)NC4=O. The number of hydrogen-bond donors (Lipinski definition) is 5. The first kappa shape index (κ1) is 30.0. The second-order valence-corrected chi connectivity index (χ2v) is 11.4. The maximum atomic E-state index is 13.7. The van der Waals surface area contributed by atoms with E-state index in [-0.39, 0.29) is 36.0 Å². The highest BCUT2D eigenvalue weighted by molar-refractivity contribution is 6.41. The van der Waals surface area contributed by atoms with Crippen LogP contribution in [0.4, 0.5) is 0 Å². The van der Waals surface area contributed by atoms with Crippen LogP contribution in [-0.4, -0.2) is 59.4 Å². The summed E-state index contributed by atoms with van der Waals surface area (Å²) in [6.07, 6.45) is 6.45. The van der Waals surface area contributed by atoms with Crippen LogP contribution in [0, 0.1) is 0 Å². The summed E-state index contributed by atoms with van der Waals surface area (Å²) in [6.45, 7) is 2.40. The number of amides is 3. The van der Waals surface area contributed by atoms with Gasteiger partial charge in [-0.1, -0.05) is 57.2 Å². The lowest BCUT2D eigenvalue weighted by molar-refractivity contribution is 0.0697. The Bertz CT molecular complexity index is 2050. The summed E-state index contributed by atoms with van der Waals surface area (Å²) < 4.78 is 0. The molecule has 5 aromatic rings. The van der Waals surface area contributed by atoms with Crippen LogP contribution in [-0.2, 0) is 0 Å². The molecule has 0 saturated heterocycles. The van der Waals surface area contributed by atoms with E-state index in [9.17, 15) is 29.4 Å². The lowest BCUT2D eigenvalue weighted by Crippen LogP contribution is -2.34. The van der Waals surface area contributed by atoms with Crippen molar-refractivity contribution in [3.05, 3.63) is 70.3 Å². The molecule has 0 aliphatic carbocycles. The molecule has 6 rings (SSSR count). The van der Waals surface area contributed by atoms with Crippen LogP contribution in [0.15, 0.2) is 47.5 Å². The van der Waals surface area contributed by atoms with E-state index in [0.717, 1.165) is 32.1 Å². The molecule has 0 aromatic heterocycles. The van der Waals surface area contributed by atoms with Gasteiger partial charge < -0.3 is 21.3 Å². The number of carbonyl (C=O) groups excluding carboxylic acids is 3. The molecule has 45 heavy (non-hydrogen) atoms. The van der Waals surface area contributed by atoms with Crippen LogP contribution in [0.3, 0.4) is 0 Å². The molecule has 6 N–H and O–H groups in total. The first-order chi connectivity index (χ1) is 21.8. The van der Waals surface area contributed by atoms with E-state index < -0.39 is 17.8 Å². The number of benzene rings is 5. The van der Waals surface area contributed by atoms with E-state index in [1.807, 2.05) is 0 Å². The zero-order chi connectivity index (χ0) is 31.8. The van der Waals surface area contributed by atoms with Crippen LogP contribution in [0.5, 0.6) is 0 Å². The van der Waals surface area contributed by atoms with Crippen LogP contribution < -0.4 is 16.4 Å². The fourth-order valence-electron chi connectivity index (χ4n) is 6.63. The summed E-state index contributed by atoms with van der Waals surface area (Å²) >= 11 is 0. The molecule has 0 atom stereocenters. The number of carbonyl (C=O) groups is 4. The zero-order valence-corrected chi connectivity index (χ0v) is 25.0. The number of aliphatic imine (C=N–C) groups is 1. The van der Waals surface area contributed by atoms with Crippen LogP contribution >= 0.6 is 0 Å². The number of imide groups is 1. The van der Waals surface area contributed by atoms with Gasteiger partial charge in [-0.15, -0.1) is 0 Å². The fraction of sp³-hybridized carbons (Fsp3) is 0.286. The second-order valence-electron chi connectivity index (χ2n) is 11.4. The fourth-order valence-corrected chi connectivity index (χ4v) is 6.63. The average molecular weight is 607 g/mol. The summed E-state index contributed by atoms with van der Waals surface area (Å²) in [7, 11) is 0. The molecule has 10 heteroatoms. The molecule has 0 unspecified atom stereocenters. The van der Waals surface area contributed by atoms with Crippen LogP contribution in [0.2, 0.25) is 0 Å². The molecule has 0 fully saturated rings. The zero-order valence-electron chi connectivity index (χ0n) is 25.0. The van der Waals surface area contributed by atoms with Crippen molar-refractivity contribution in [1.29, 1.82) is 0 Å². The van der Waals surface area contributed by atoms with Crippen molar-refractivity contribution >= 4 is 72.6 Å². The Hall–Kier alpha value is -5.09. The van der Waals surface area contributed by atoms with Crippen molar-refractivity contribution in [2.75, 3.05) is 19.7 Å². The van der Waals surface area contributed by atoms with Gasteiger partial charge in [-0.05, 0) is 57.6 Å². The van der Waals surface area contributed by atoms with E-state index in [0.29, 0.717) is 66.3 Å². The predicted molar refractivity (Wildman–Crippen MR) is 175 cm³/mol. The van der Waals surface area contributed by atoms with Gasteiger partial charge in [0.05, 0.1) is 18.7 Å². The molecular weight excluding hydrogens is 572 g/mol. The summed E-state index contributed by atoms with van der Waals surface area (Å²) in [6, 6.07) is 11.6. The number of nitrogens with zero attached hydrogens (tertiary/aromatic N) is 1. The highest BCUT2D eigenvalue weighted by Crippen LogP contribution is 2.45. The number of carboxylic acids is 1. The van der Waals surface area contributed by atoms with Gasteiger partial charge in [-0.3, -0.25) is 24.7 Å². The number of fused-ring (bicyclic) bond motifs is 2. The molecule has 0 saturated carbocycles. The minimum Gasteiger partial charge on any atom is -0.478 e. The van der Waals surface area contributed by atoms with Gasteiger partial charge in [-0.2, -0.15) is 0 Å². The highest BCUT2D eigenvalue weighted by Gasteiger charge is 2.30. The van der Waals surface area contributed by atoms with Crippen molar-refractivity contribution in [2.45, 2.75) is 45.4 Å². The van der Waals surface area contributed by atoms with Gasteiger partial charge in [0.25, 0.3) is 17.7 Å². The number of unbranched alkanes of at least 4 members (excludes halogenated alkanes) is 5. The van der Waals surface area contributed by atoms with Gasteiger partial charge >= 0.3 is 5.97 Å². The number of aliphatic hydroxyl groups excluding tert-OH is 1. The van der Waals surface area contributed by atoms with E-state index in [4.69, 9.17) is 5.73 Å². The quantitative estimate of drug-likeness (QED) is 0.0328. The Morgan fingerprint density at radius 3 is 2.11 bits per heavy atom. The third-order valence-electron chi connectivity index (χ3n) is 8.67. The van der Waals surface area contributed by atoms with Crippen LogP contribution in [0.1, 0.15) is 92.4 Å². The molecule has 1 heterocycles. The van der Waals surface area contributed by atoms with E-state index in [1.165, 1.54) is 12.5 Å². The maximum absolute atomic E-state index is 13.7. The lowest BCUT2D eigenvalue weighted by atomic mass is 9.81. The number of carboxylic acid groups (broad SMARTS) is 1. The molecular formula is C35H34N4O6. The Balaban J connectivity index is 1.64. The molecule has 5 aromatic carbocycles. The summed E-state index contributed by atoms with van der Waals surface area (Å²) in [4.78, 5) is 56.5. The molecule has 3 amide bonds. The van der Waals surface area contributed by atoms with Gasteiger partial charge in [0.15, 0.2) is 0 Å². The topological polar surface area (TPSA) is 171 Å². The number of amidine groups is 1. The Morgan fingerprint density at radius 1 is 0.778 bits per heavy atom. The van der Waals surface area contributed by atoms with Gasteiger partial charge in [0, 0.05) is 45.0 Å². The number of hydrogen-bond acceptors (Lipinski definition) is 6. The first-order valence-electron chi connectivity index (χ1n) is 15.3. The summed E-state index contributed by atoms with van der Waals surface area (Å²) in [5.74, 6) is -2.58. The van der Waals surface area contributed by atoms with Crippen molar-refractivity contribution in [3.8, 4) is 0 Å². The normalized spacial score (nSPS) is 13.3. The summed E-state index contributed by atoms with van der Waals surface area (Å²) in [5.41, 5.74) is 7.60. The lowest BCUT2D eigenvalue weighted by Gasteiger charge is -2.23. The number of nitrogens with two attached hydrogens (primary N) is 1. The molecule has 0 radical (unpaired) electrons. The molecule has 0 spiro atoms. The number of aliphatic hydroxyl groups is 1. The van der Waals surface area contributed by atoms with Crippen molar-refractivity contribution < 1.29 is 29.4 Å². The second kappa shape index (κ2) is 12.1. The third kappa shape index (κ3) is 5.01. The third-order valence-corrected chi connectivity index (χ3v) is 8.67. The van der Waals surface area contributed by atoms with Crippen molar-refractivity contribution in [3.63, 3.8) is 0 Å². The predicted octanol–water partition coefficient (Wildman–Crippen LogP) is 5.11. The molecule has 1 aliphatic heterocycles. The standard InChI is InChI=1S/C35H34N4O6/c1-2-3-4-5-6-7-14-38-32(41)21-11-9-19-18-8-12-22-28-23(34(43)39-33(22)42)13-10-20(26(18)28)27-25(35(44)45)17-24(29(21)30(19)27)31(36)37-15-16-40/h8-13,17,40H,2-7,14-16H2,1H3,(H2,36,37)(H,38,41)(H,44,45)(H,39,42,43). The Morgan fingerprint density at radius 2 is 1.42 bits per heavy atom. The largest absolute Gasteiger partial charge is 0.478 e. The van der Waals surface area contributed by atoms with E-state index >= 15 is 0 Å². The van der Waals surface area contributed by atoms with Gasteiger partial charge in [0.1, 0.15) is 5.84 Å². The molecule has 0 bridgehead atoms. The molecule has 1 aliphatic rings. The maximum Gasteiger partial charge on any atom is 0.336 e. The van der Waals surface area contributed by atoms with Gasteiger partial charge in [0.2, 0.25) is 0 Å². The number of rotatable bonds is 12. The van der Waals surface area contributed by atoms with E-state index in [2.05, 4.69) is 22.5 Å². The average Bonchev–Trinajstić information content (AvgIpc) is 3.03. The minimum absolute atomic E-state index is 0.000518. The number of aromatic carboxylic acids is 1. The monoisotopic (exact) mass is 606 g/mol. The van der Waals surface area contributed by atoms with Crippen molar-refractivity contribution in [2.24, 2.45) is 10.7 Å². The highest BCUT2D eigenvalue weighted by atomic mass is 16.4. The van der Waals surface area contributed by atoms with Crippen molar-refractivity contribution in [1.82, 2.24) is 10.6 Å². The van der Waals surface area contributed by atoms with Gasteiger partial charge in [-0.25, -0.2) is 4.79 Å². The minimum atomic E-state index is -1.22. The molecule has 230 valence electrons. The first-order valence-corrected chi connectivity index (χ1v) is 15.3. The van der Waals surface area contributed by atoms with Crippen LogP contribution in [0.25, 0.3) is 43.1 Å². The Labute approximate surface area is 258 Å². The smallest absolute Gasteiger partial charge is 0.336 e. The number of nitrogens with one attached hydrogen (secondary N) is 2. The molecule has 10 nitrogen and oxygen atoms in total. The summed E-state index contributed by atoms with van der Waals surface area (Å²) in [5, 5.41) is 29.5. The Kier molecular flexibility index (Phi) is 8.07. The van der Waals surface area contributed by atoms with E-state index in [1.54, 1.807) is 36.4 Å².